The number of hydrogen-bond acceptors (Lipinski definition) is 11. The van der Waals surface area contributed by atoms with Gasteiger partial charge in [0.1, 0.15) is 11.9 Å². The van der Waals surface area contributed by atoms with Crippen LogP contribution in [0.4, 0.5) is 35.1 Å². The van der Waals surface area contributed by atoms with E-state index in [2.05, 4.69) is 36.2 Å². The number of amides is 2. The first-order valence-corrected chi connectivity index (χ1v) is 16.4. The smallest absolute Gasteiger partial charge is 0.422 e. The standard InChI is InChI=1S/C35H32ClF4N7O6/c1-52-30(51)26(14-15-27(48)29(50)41-18-20-2-10-24(37)11-3-20)43-28(49)21-4-12-25(13-5-21)42-31-44-32(46-33(45-31)53-19-35(38,39)40)47-34(16-17-34)22-6-8-23(36)9-7-22/h2-13,26H,14-19H2,1H3,(H,41,50)(H,43,49)(H2,42,44,45,46,47)/t26-/m0/s1. The molecule has 5 rings (SSSR count). The number of alkyl halides is 3. The lowest BCUT2D eigenvalue weighted by Gasteiger charge is -2.19. The first kappa shape index (κ1) is 38.4. The molecule has 0 bridgehead atoms. The fraction of sp³-hybridized carbons (Fsp3) is 0.286. The Morgan fingerprint density at radius 1 is 0.906 bits per heavy atom. The van der Waals surface area contributed by atoms with Crippen molar-refractivity contribution in [2.45, 2.75) is 50.0 Å². The van der Waals surface area contributed by atoms with Gasteiger partial charge in [-0.05, 0) is 78.9 Å². The van der Waals surface area contributed by atoms with Crippen LogP contribution in [-0.4, -0.2) is 64.5 Å². The number of halogens is 5. The van der Waals surface area contributed by atoms with Crippen molar-refractivity contribution < 1.29 is 46.2 Å². The van der Waals surface area contributed by atoms with E-state index in [0.717, 1.165) is 12.7 Å². The number of nitrogens with zero attached hydrogens (tertiary/aromatic N) is 3. The first-order chi connectivity index (χ1) is 25.2. The van der Waals surface area contributed by atoms with Gasteiger partial charge < -0.3 is 30.7 Å². The Balaban J connectivity index is 1.21. The minimum Gasteiger partial charge on any atom is -0.467 e. The van der Waals surface area contributed by atoms with Crippen LogP contribution in [0.5, 0.6) is 6.01 Å². The molecule has 0 radical (unpaired) electrons. The molecular weight excluding hydrogens is 726 g/mol. The van der Waals surface area contributed by atoms with E-state index < -0.39 is 66.2 Å². The van der Waals surface area contributed by atoms with Gasteiger partial charge in [0.2, 0.25) is 17.7 Å². The molecule has 53 heavy (non-hydrogen) atoms. The summed E-state index contributed by atoms with van der Waals surface area (Å²) in [7, 11) is 1.10. The number of esters is 1. The molecule has 1 aliphatic carbocycles. The minimum atomic E-state index is -4.64. The van der Waals surface area contributed by atoms with Gasteiger partial charge in [0.25, 0.3) is 11.8 Å². The molecule has 4 N–H and O–H groups in total. The fourth-order valence-electron chi connectivity index (χ4n) is 5.01. The van der Waals surface area contributed by atoms with Crippen LogP contribution in [0.3, 0.4) is 0 Å². The van der Waals surface area contributed by atoms with Crippen molar-refractivity contribution in [1.29, 1.82) is 0 Å². The Morgan fingerprint density at radius 3 is 2.19 bits per heavy atom. The highest BCUT2D eigenvalue weighted by Gasteiger charge is 2.45. The average molecular weight is 758 g/mol. The predicted octanol–water partition coefficient (Wildman–Crippen LogP) is 5.39. The number of nitrogens with one attached hydrogen (secondary N) is 4. The molecular formula is C35H32ClF4N7O6. The third kappa shape index (κ3) is 11.1. The van der Waals surface area contributed by atoms with Crippen LogP contribution in [0, 0.1) is 5.82 Å². The Bertz CT molecular complexity index is 1940. The van der Waals surface area contributed by atoms with Gasteiger partial charge in [-0.25, -0.2) is 9.18 Å². The second-order valence-electron chi connectivity index (χ2n) is 11.9. The number of hydrogen-bond donors (Lipinski definition) is 4. The summed E-state index contributed by atoms with van der Waals surface area (Å²) in [4.78, 5) is 62.4. The molecule has 3 aromatic carbocycles. The number of rotatable bonds is 16. The van der Waals surface area contributed by atoms with Gasteiger partial charge in [0.15, 0.2) is 6.61 Å². The maximum atomic E-state index is 13.1. The zero-order valence-electron chi connectivity index (χ0n) is 27.9. The van der Waals surface area contributed by atoms with E-state index in [9.17, 15) is 36.7 Å². The number of Topliss-reactive ketones (excluding diaryl/α,β-unsaturated/α-hetero) is 1. The highest BCUT2D eigenvalue weighted by Crippen LogP contribution is 2.48. The van der Waals surface area contributed by atoms with Crippen molar-refractivity contribution in [3.63, 3.8) is 0 Å². The second-order valence-corrected chi connectivity index (χ2v) is 12.3. The number of ether oxygens (including phenoxy) is 2. The van der Waals surface area contributed by atoms with Gasteiger partial charge in [-0.2, -0.15) is 28.1 Å². The van der Waals surface area contributed by atoms with Gasteiger partial charge in [-0.15, -0.1) is 0 Å². The monoisotopic (exact) mass is 757 g/mol. The van der Waals surface area contributed by atoms with Crippen molar-refractivity contribution in [3.8, 4) is 6.01 Å². The largest absolute Gasteiger partial charge is 0.467 e. The number of aromatic nitrogens is 3. The highest BCUT2D eigenvalue weighted by atomic mass is 35.5. The van der Waals surface area contributed by atoms with E-state index in [-0.39, 0.29) is 30.4 Å². The summed E-state index contributed by atoms with van der Waals surface area (Å²) >= 11 is 6.02. The van der Waals surface area contributed by atoms with Crippen LogP contribution in [0.15, 0.2) is 72.8 Å². The van der Waals surface area contributed by atoms with Gasteiger partial charge in [0, 0.05) is 29.2 Å². The van der Waals surface area contributed by atoms with Crippen LogP contribution >= 0.6 is 11.6 Å². The second kappa shape index (κ2) is 16.7. The van der Waals surface area contributed by atoms with Crippen molar-refractivity contribution in [2.75, 3.05) is 24.4 Å². The molecule has 1 atom stereocenters. The fourth-order valence-corrected chi connectivity index (χ4v) is 5.14. The molecule has 4 aromatic rings. The Labute approximate surface area is 304 Å². The van der Waals surface area contributed by atoms with Crippen molar-refractivity contribution in [1.82, 2.24) is 25.6 Å². The molecule has 1 aliphatic rings. The molecule has 0 saturated heterocycles. The minimum absolute atomic E-state index is 0.0176. The lowest BCUT2D eigenvalue weighted by atomic mass is 10.1. The molecule has 1 fully saturated rings. The van der Waals surface area contributed by atoms with E-state index in [1.54, 1.807) is 12.1 Å². The maximum Gasteiger partial charge on any atom is 0.422 e. The van der Waals surface area contributed by atoms with Crippen molar-refractivity contribution in [3.05, 3.63) is 100 Å². The highest BCUT2D eigenvalue weighted by molar-refractivity contribution is 6.36. The number of ketones is 1. The molecule has 0 unspecified atom stereocenters. The molecule has 18 heteroatoms. The molecule has 2 amide bonds. The lowest BCUT2D eigenvalue weighted by Crippen LogP contribution is -2.42. The van der Waals surface area contributed by atoms with Crippen molar-refractivity contribution >= 4 is 52.8 Å². The van der Waals surface area contributed by atoms with E-state index in [4.69, 9.17) is 21.1 Å². The summed E-state index contributed by atoms with van der Waals surface area (Å²) in [6.45, 7) is -1.65. The summed E-state index contributed by atoms with van der Waals surface area (Å²) in [6.07, 6.45) is -3.88. The number of benzene rings is 3. The van der Waals surface area contributed by atoms with Gasteiger partial charge in [-0.3, -0.25) is 14.4 Å². The summed E-state index contributed by atoms with van der Waals surface area (Å²) < 4.78 is 61.5. The van der Waals surface area contributed by atoms with Crippen LogP contribution in [0.1, 0.15) is 47.2 Å². The average Bonchev–Trinajstić information content (AvgIpc) is 3.91. The summed E-state index contributed by atoms with van der Waals surface area (Å²) in [5, 5.41) is 11.5. The maximum absolute atomic E-state index is 13.1. The van der Waals surface area contributed by atoms with Gasteiger partial charge in [0.05, 0.1) is 12.6 Å². The molecule has 0 aliphatic heterocycles. The third-order valence-electron chi connectivity index (χ3n) is 7.95. The van der Waals surface area contributed by atoms with E-state index in [0.29, 0.717) is 29.1 Å². The Kier molecular flexibility index (Phi) is 12.1. The molecule has 13 nitrogen and oxygen atoms in total. The van der Waals surface area contributed by atoms with E-state index in [1.165, 1.54) is 48.5 Å². The summed E-state index contributed by atoms with van der Waals surface area (Å²) in [5.41, 5.74) is 1.32. The zero-order valence-corrected chi connectivity index (χ0v) is 28.7. The normalized spacial score (nSPS) is 13.6. The van der Waals surface area contributed by atoms with E-state index in [1.807, 2.05) is 12.1 Å². The molecule has 278 valence electrons. The number of anilines is 3. The number of methoxy groups -OCH3 is 1. The predicted molar refractivity (Wildman–Crippen MR) is 183 cm³/mol. The molecule has 1 aromatic heterocycles. The summed E-state index contributed by atoms with van der Waals surface area (Å²) in [6, 6.07) is 16.3. The lowest BCUT2D eigenvalue weighted by molar-refractivity contribution is -0.154. The third-order valence-corrected chi connectivity index (χ3v) is 8.20. The van der Waals surface area contributed by atoms with Gasteiger partial charge in [-0.1, -0.05) is 35.9 Å². The molecule has 1 heterocycles. The SMILES string of the molecule is COC(=O)[C@H](CCC(=O)C(=O)NCc1ccc(F)cc1)NC(=O)c1ccc(Nc2nc(NC3(c4ccc(Cl)cc4)CC3)nc(OCC(F)(F)F)n2)cc1. The Morgan fingerprint density at radius 2 is 1.57 bits per heavy atom. The van der Waals surface area contributed by atoms with Gasteiger partial charge >= 0.3 is 18.2 Å². The zero-order chi connectivity index (χ0) is 38.2. The van der Waals surface area contributed by atoms with Crippen LogP contribution in [-0.2, 0) is 31.2 Å². The topological polar surface area (TPSA) is 174 Å². The molecule has 0 spiro atoms. The van der Waals surface area contributed by atoms with Crippen LogP contribution < -0.4 is 26.0 Å². The summed E-state index contributed by atoms with van der Waals surface area (Å²) in [5.74, 6) is -3.95. The molecule has 1 saturated carbocycles. The first-order valence-electron chi connectivity index (χ1n) is 16.0. The number of carbonyl (C=O) groups is 4. The number of carbonyl (C=O) groups excluding carboxylic acids is 4. The van der Waals surface area contributed by atoms with E-state index >= 15 is 0 Å². The van der Waals surface area contributed by atoms with Crippen molar-refractivity contribution in [2.24, 2.45) is 0 Å². The Hall–Kier alpha value is -5.84. The van der Waals surface area contributed by atoms with Crippen LogP contribution in [0.25, 0.3) is 0 Å². The van der Waals surface area contributed by atoms with Crippen LogP contribution in [0.2, 0.25) is 5.02 Å². The quantitative estimate of drug-likeness (QED) is 0.0656.